The Morgan fingerprint density at radius 1 is 0.926 bits per heavy atom. The van der Waals surface area contributed by atoms with Crippen molar-refractivity contribution in [2.45, 2.75) is 50.0 Å². The third-order valence-corrected chi connectivity index (χ3v) is 8.28. The second-order valence-electron chi connectivity index (χ2n) is 12.0. The molecule has 1 fully saturated rings. The van der Waals surface area contributed by atoms with Crippen molar-refractivity contribution in [2.75, 3.05) is 24.4 Å². The number of alkyl halides is 3. The van der Waals surface area contributed by atoms with E-state index in [0.29, 0.717) is 23.6 Å². The molecular formula is C35H31ClF5N7O6. The summed E-state index contributed by atoms with van der Waals surface area (Å²) in [5.41, 5.74) is 0.482. The largest absolute Gasteiger partial charge is 0.467 e. The number of carbonyl (C=O) groups is 4. The molecule has 19 heteroatoms. The zero-order chi connectivity index (χ0) is 39.0. The Kier molecular flexibility index (Phi) is 12.3. The van der Waals surface area contributed by atoms with Crippen LogP contribution in [0, 0.1) is 11.6 Å². The fourth-order valence-electron chi connectivity index (χ4n) is 5.08. The molecular weight excluding hydrogens is 745 g/mol. The second-order valence-corrected chi connectivity index (χ2v) is 12.5. The van der Waals surface area contributed by atoms with Crippen LogP contribution >= 0.6 is 11.6 Å². The number of aromatic nitrogens is 3. The number of methoxy groups -OCH3 is 1. The Balaban J connectivity index is 1.22. The number of ether oxygens (including phenoxy) is 2. The SMILES string of the molecule is COC(=O)[C@H](CCC(=O)C(=O)NCc1cc(F)ccc1F)NC(=O)c1ccc(Nc2nc(NC3(c4ccc(Cl)cc4)CC3)nc(OCC(F)(F)F)n2)cc1. The van der Waals surface area contributed by atoms with Gasteiger partial charge in [-0.3, -0.25) is 14.4 Å². The van der Waals surface area contributed by atoms with E-state index in [2.05, 4.69) is 36.2 Å². The van der Waals surface area contributed by atoms with Crippen LogP contribution in [0.15, 0.2) is 66.7 Å². The standard InChI is InChI=1S/C35H31ClF5N7O6/c1-53-30(52)26(12-13-27(49)29(51)42-17-20-16-23(37)8-11-25(20)38)44-28(50)19-2-9-24(10-3-19)43-31-45-32(47-33(46-31)54-18-35(39,40)41)48-34(14-15-34)21-4-6-22(36)7-5-21/h2-11,16,26H,12-15,17-18H2,1H3,(H,42,51)(H,44,50)(H2,43,45,46,47,48)/t26-/m0/s1. The minimum Gasteiger partial charge on any atom is -0.467 e. The van der Waals surface area contributed by atoms with Gasteiger partial charge in [0.15, 0.2) is 6.61 Å². The van der Waals surface area contributed by atoms with Gasteiger partial charge in [-0.25, -0.2) is 13.6 Å². The number of amides is 2. The number of nitrogens with zero attached hydrogens (tertiary/aromatic N) is 3. The molecule has 4 aromatic rings. The van der Waals surface area contributed by atoms with Crippen molar-refractivity contribution in [3.05, 3.63) is 100 Å². The van der Waals surface area contributed by atoms with Gasteiger partial charge in [-0.1, -0.05) is 23.7 Å². The summed E-state index contributed by atoms with van der Waals surface area (Å²) in [6, 6.07) is 13.3. The van der Waals surface area contributed by atoms with Gasteiger partial charge in [-0.15, -0.1) is 0 Å². The molecule has 1 aliphatic rings. The van der Waals surface area contributed by atoms with Gasteiger partial charge in [0, 0.05) is 34.8 Å². The maximum absolute atomic E-state index is 13.8. The highest BCUT2D eigenvalue weighted by Crippen LogP contribution is 2.48. The molecule has 5 rings (SSSR count). The molecule has 0 unspecified atom stereocenters. The van der Waals surface area contributed by atoms with Crippen molar-refractivity contribution in [3.63, 3.8) is 0 Å². The highest BCUT2D eigenvalue weighted by Gasteiger charge is 2.45. The maximum atomic E-state index is 13.8. The number of hydrogen-bond acceptors (Lipinski definition) is 11. The lowest BCUT2D eigenvalue weighted by molar-refractivity contribution is -0.154. The molecule has 4 N–H and O–H groups in total. The van der Waals surface area contributed by atoms with Gasteiger partial charge < -0.3 is 30.7 Å². The summed E-state index contributed by atoms with van der Waals surface area (Å²) in [4.78, 5) is 62.4. The van der Waals surface area contributed by atoms with Crippen LogP contribution in [0.4, 0.5) is 39.5 Å². The molecule has 2 amide bonds. The molecule has 1 aliphatic carbocycles. The Bertz CT molecular complexity index is 2020. The molecule has 0 spiro atoms. The summed E-state index contributed by atoms with van der Waals surface area (Å²) >= 11 is 6.01. The highest BCUT2D eigenvalue weighted by atomic mass is 35.5. The van der Waals surface area contributed by atoms with Gasteiger partial charge in [0.05, 0.1) is 12.6 Å². The first-order valence-electron chi connectivity index (χ1n) is 16.1. The van der Waals surface area contributed by atoms with E-state index in [1.54, 1.807) is 12.1 Å². The number of carbonyl (C=O) groups excluding carboxylic acids is 4. The van der Waals surface area contributed by atoms with Gasteiger partial charge >= 0.3 is 18.2 Å². The maximum Gasteiger partial charge on any atom is 0.422 e. The third kappa shape index (κ3) is 10.8. The van der Waals surface area contributed by atoms with Crippen LogP contribution in [0.2, 0.25) is 5.02 Å². The van der Waals surface area contributed by atoms with Gasteiger partial charge in [0.1, 0.15) is 17.7 Å². The Hall–Kier alpha value is -5.91. The van der Waals surface area contributed by atoms with Crippen molar-refractivity contribution < 1.29 is 50.6 Å². The van der Waals surface area contributed by atoms with E-state index in [1.807, 2.05) is 12.1 Å². The molecule has 1 atom stereocenters. The Morgan fingerprint density at radius 3 is 2.26 bits per heavy atom. The van der Waals surface area contributed by atoms with E-state index >= 15 is 0 Å². The van der Waals surface area contributed by atoms with Crippen LogP contribution in [-0.4, -0.2) is 64.5 Å². The van der Waals surface area contributed by atoms with Crippen molar-refractivity contribution in [2.24, 2.45) is 0 Å². The Morgan fingerprint density at radius 2 is 1.61 bits per heavy atom. The summed E-state index contributed by atoms with van der Waals surface area (Å²) in [5.74, 6) is -5.48. The van der Waals surface area contributed by atoms with Crippen LogP contribution in [0.1, 0.15) is 47.2 Å². The van der Waals surface area contributed by atoms with E-state index < -0.39 is 78.5 Å². The summed E-state index contributed by atoms with van der Waals surface area (Å²) < 4.78 is 75.6. The zero-order valence-electron chi connectivity index (χ0n) is 28.2. The van der Waals surface area contributed by atoms with E-state index in [4.69, 9.17) is 21.1 Å². The lowest BCUT2D eigenvalue weighted by atomic mass is 10.1. The molecule has 54 heavy (non-hydrogen) atoms. The van der Waals surface area contributed by atoms with Gasteiger partial charge in [-0.2, -0.15) is 28.1 Å². The van der Waals surface area contributed by atoms with E-state index in [1.165, 1.54) is 24.3 Å². The van der Waals surface area contributed by atoms with Crippen LogP contribution in [0.5, 0.6) is 6.01 Å². The number of hydrogen-bond donors (Lipinski definition) is 4. The molecule has 1 aromatic heterocycles. The summed E-state index contributed by atoms with van der Waals surface area (Å²) in [5, 5.41) is 11.2. The zero-order valence-corrected chi connectivity index (χ0v) is 29.0. The van der Waals surface area contributed by atoms with Gasteiger partial charge in [0.25, 0.3) is 11.8 Å². The summed E-state index contributed by atoms with van der Waals surface area (Å²) in [6.45, 7) is -2.10. The monoisotopic (exact) mass is 775 g/mol. The quantitative estimate of drug-likeness (QED) is 0.0641. The third-order valence-electron chi connectivity index (χ3n) is 8.03. The van der Waals surface area contributed by atoms with Crippen LogP contribution in [0.25, 0.3) is 0 Å². The minimum atomic E-state index is -4.66. The van der Waals surface area contributed by atoms with Crippen LogP contribution in [0.3, 0.4) is 0 Å². The number of esters is 1. The number of benzene rings is 3. The molecule has 0 saturated heterocycles. The lowest BCUT2D eigenvalue weighted by Gasteiger charge is -2.19. The molecule has 284 valence electrons. The normalized spacial score (nSPS) is 13.6. The van der Waals surface area contributed by atoms with Gasteiger partial charge in [-0.05, 0) is 79.4 Å². The van der Waals surface area contributed by atoms with E-state index in [0.717, 1.165) is 30.9 Å². The van der Waals surface area contributed by atoms with Gasteiger partial charge in [0.2, 0.25) is 17.7 Å². The first kappa shape index (κ1) is 39.3. The molecule has 13 nitrogen and oxygen atoms in total. The van der Waals surface area contributed by atoms with Crippen LogP contribution in [-0.2, 0) is 31.2 Å². The van der Waals surface area contributed by atoms with Crippen molar-refractivity contribution in [1.29, 1.82) is 0 Å². The number of halogens is 6. The molecule has 1 heterocycles. The molecule has 0 radical (unpaired) electrons. The molecule has 1 saturated carbocycles. The Labute approximate surface area is 309 Å². The van der Waals surface area contributed by atoms with E-state index in [-0.39, 0.29) is 29.4 Å². The lowest BCUT2D eigenvalue weighted by Crippen LogP contribution is -2.42. The highest BCUT2D eigenvalue weighted by molar-refractivity contribution is 6.36. The number of nitrogens with one attached hydrogen (secondary N) is 4. The van der Waals surface area contributed by atoms with Crippen molar-refractivity contribution in [3.8, 4) is 6.01 Å². The fraction of sp³-hybridized carbons (Fsp3) is 0.286. The average Bonchev–Trinajstić information content (AvgIpc) is 3.92. The smallest absolute Gasteiger partial charge is 0.422 e. The molecule has 0 bridgehead atoms. The summed E-state index contributed by atoms with van der Waals surface area (Å²) in [6.07, 6.45) is -4.11. The predicted octanol–water partition coefficient (Wildman–Crippen LogP) is 5.53. The topological polar surface area (TPSA) is 174 Å². The number of anilines is 3. The first-order valence-corrected chi connectivity index (χ1v) is 16.5. The molecule has 0 aliphatic heterocycles. The van der Waals surface area contributed by atoms with Crippen molar-refractivity contribution >= 4 is 52.8 Å². The number of rotatable bonds is 16. The fourth-order valence-corrected chi connectivity index (χ4v) is 5.21. The average molecular weight is 776 g/mol. The van der Waals surface area contributed by atoms with Crippen molar-refractivity contribution in [1.82, 2.24) is 25.6 Å². The summed E-state index contributed by atoms with van der Waals surface area (Å²) in [7, 11) is 1.06. The number of ketones is 1. The molecule has 3 aromatic carbocycles. The second kappa shape index (κ2) is 16.8. The minimum absolute atomic E-state index is 0.0569. The first-order chi connectivity index (χ1) is 25.6. The van der Waals surface area contributed by atoms with E-state index in [9.17, 15) is 41.1 Å². The van der Waals surface area contributed by atoms with Crippen LogP contribution < -0.4 is 26.0 Å². The predicted molar refractivity (Wildman–Crippen MR) is 183 cm³/mol. The number of Topliss-reactive ketones (excluding diaryl/α,β-unsaturated/α-hetero) is 1.